The lowest BCUT2D eigenvalue weighted by molar-refractivity contribution is -0.112. The number of hydrogen-bond donors (Lipinski definition) is 0. The minimum atomic E-state index is -0.466. The van der Waals surface area contributed by atoms with Gasteiger partial charge in [-0.05, 0) is 29.5 Å². The van der Waals surface area contributed by atoms with Crippen LogP contribution in [-0.2, 0) is 10.3 Å². The van der Waals surface area contributed by atoms with E-state index in [0.29, 0.717) is 0 Å². The second-order valence-corrected chi connectivity index (χ2v) is 6.85. The van der Waals surface area contributed by atoms with Gasteiger partial charge in [-0.1, -0.05) is 91.0 Å². The standard InChI is InChI=1S/C24H23NO/c26-19-23-17-10-18-25(23)24(20-11-4-1-5-12-20,21-13-6-2-7-14-21)22-15-8-3-9-16-22/h1-9,11-16,19,23H,10,17-18H2/t23-/m1/s1. The van der Waals surface area contributed by atoms with Crippen LogP contribution >= 0.6 is 0 Å². The molecule has 2 nitrogen and oxygen atoms in total. The lowest BCUT2D eigenvalue weighted by Gasteiger charge is -2.45. The summed E-state index contributed by atoms with van der Waals surface area (Å²) < 4.78 is 0. The maximum atomic E-state index is 11.9. The van der Waals surface area contributed by atoms with Crippen molar-refractivity contribution in [1.82, 2.24) is 4.90 Å². The van der Waals surface area contributed by atoms with E-state index in [0.717, 1.165) is 25.7 Å². The van der Waals surface area contributed by atoms with Crippen LogP contribution in [0.25, 0.3) is 0 Å². The molecule has 2 heteroatoms. The van der Waals surface area contributed by atoms with Gasteiger partial charge in [-0.25, -0.2) is 0 Å². The van der Waals surface area contributed by atoms with E-state index in [1.807, 2.05) is 18.2 Å². The van der Waals surface area contributed by atoms with Crippen molar-refractivity contribution in [2.24, 2.45) is 0 Å². The molecular formula is C24H23NO. The molecule has 1 aliphatic heterocycles. The molecule has 0 bridgehead atoms. The number of carbonyl (C=O) groups is 1. The predicted octanol–water partition coefficient (Wildman–Crippen LogP) is 4.64. The van der Waals surface area contributed by atoms with E-state index in [4.69, 9.17) is 0 Å². The molecule has 1 saturated heterocycles. The quantitative estimate of drug-likeness (QED) is 0.498. The van der Waals surface area contributed by atoms with Crippen molar-refractivity contribution in [1.29, 1.82) is 0 Å². The Bertz CT molecular complexity index is 748. The third kappa shape index (κ3) is 2.67. The molecule has 1 atom stereocenters. The zero-order valence-electron chi connectivity index (χ0n) is 14.8. The van der Waals surface area contributed by atoms with Gasteiger partial charge in [-0.2, -0.15) is 0 Å². The largest absolute Gasteiger partial charge is 0.302 e. The number of aldehydes is 1. The van der Waals surface area contributed by atoms with Gasteiger partial charge in [0.2, 0.25) is 0 Å². The van der Waals surface area contributed by atoms with Crippen molar-refractivity contribution >= 4 is 6.29 Å². The van der Waals surface area contributed by atoms with Crippen LogP contribution in [0.2, 0.25) is 0 Å². The van der Waals surface area contributed by atoms with Crippen molar-refractivity contribution in [3.8, 4) is 0 Å². The molecule has 0 saturated carbocycles. The lowest BCUT2D eigenvalue weighted by Crippen LogP contribution is -2.50. The summed E-state index contributed by atoms with van der Waals surface area (Å²) in [6, 6.07) is 31.7. The maximum absolute atomic E-state index is 11.9. The van der Waals surface area contributed by atoms with Gasteiger partial charge in [0.15, 0.2) is 0 Å². The van der Waals surface area contributed by atoms with Crippen LogP contribution in [0.5, 0.6) is 0 Å². The van der Waals surface area contributed by atoms with Gasteiger partial charge < -0.3 is 4.79 Å². The molecule has 3 aromatic carbocycles. The average molecular weight is 341 g/mol. The molecule has 0 spiro atoms. The smallest absolute Gasteiger partial charge is 0.137 e. The van der Waals surface area contributed by atoms with Crippen molar-refractivity contribution in [3.63, 3.8) is 0 Å². The van der Waals surface area contributed by atoms with Crippen molar-refractivity contribution in [2.75, 3.05) is 6.54 Å². The molecule has 4 rings (SSSR count). The number of carbonyl (C=O) groups excluding carboxylic acids is 1. The molecule has 0 amide bonds. The second-order valence-electron chi connectivity index (χ2n) is 6.85. The Hall–Kier alpha value is -2.71. The summed E-state index contributed by atoms with van der Waals surface area (Å²) in [6.45, 7) is 0.905. The number of likely N-dealkylation sites (tertiary alicyclic amines) is 1. The molecule has 130 valence electrons. The first-order valence-electron chi connectivity index (χ1n) is 9.26. The lowest BCUT2D eigenvalue weighted by atomic mass is 9.75. The van der Waals surface area contributed by atoms with Gasteiger partial charge in [0.05, 0.1) is 11.6 Å². The molecule has 26 heavy (non-hydrogen) atoms. The third-order valence-electron chi connectivity index (χ3n) is 5.46. The van der Waals surface area contributed by atoms with Crippen molar-refractivity contribution in [3.05, 3.63) is 108 Å². The van der Waals surface area contributed by atoms with Crippen LogP contribution in [0.4, 0.5) is 0 Å². The van der Waals surface area contributed by atoms with Crippen LogP contribution < -0.4 is 0 Å². The predicted molar refractivity (Wildman–Crippen MR) is 105 cm³/mol. The third-order valence-corrected chi connectivity index (χ3v) is 5.46. The summed E-state index contributed by atoms with van der Waals surface area (Å²) in [5.41, 5.74) is 3.13. The molecule has 1 heterocycles. The van der Waals surface area contributed by atoms with Gasteiger partial charge >= 0.3 is 0 Å². The van der Waals surface area contributed by atoms with E-state index in [1.165, 1.54) is 16.7 Å². The van der Waals surface area contributed by atoms with Gasteiger partial charge in [0.25, 0.3) is 0 Å². The Morgan fingerprint density at radius 3 is 1.54 bits per heavy atom. The zero-order chi connectivity index (χ0) is 17.8. The van der Waals surface area contributed by atoms with Gasteiger partial charge in [-0.3, -0.25) is 4.90 Å². The van der Waals surface area contributed by atoms with E-state index in [-0.39, 0.29) is 6.04 Å². The molecule has 0 N–H and O–H groups in total. The molecule has 0 aromatic heterocycles. The summed E-state index contributed by atoms with van der Waals surface area (Å²) in [5.74, 6) is 0. The molecule has 0 aliphatic carbocycles. The average Bonchev–Trinajstić information content (AvgIpc) is 3.20. The number of nitrogens with zero attached hydrogens (tertiary/aromatic N) is 1. The van der Waals surface area contributed by atoms with Crippen molar-refractivity contribution in [2.45, 2.75) is 24.4 Å². The summed E-state index contributed by atoms with van der Waals surface area (Å²) in [4.78, 5) is 14.3. The Balaban J connectivity index is 2.05. The highest BCUT2D eigenvalue weighted by atomic mass is 16.1. The molecule has 1 aliphatic rings. The Kier molecular flexibility index (Phi) is 4.68. The minimum Gasteiger partial charge on any atom is -0.302 e. The number of hydrogen-bond acceptors (Lipinski definition) is 2. The molecular weight excluding hydrogens is 318 g/mol. The fourth-order valence-corrected chi connectivity index (χ4v) is 4.39. The Labute approximate surface area is 155 Å². The van der Waals surface area contributed by atoms with Crippen molar-refractivity contribution < 1.29 is 4.79 Å². The monoisotopic (exact) mass is 341 g/mol. The number of rotatable bonds is 5. The zero-order valence-corrected chi connectivity index (χ0v) is 14.8. The van der Waals surface area contributed by atoms with Gasteiger partial charge in [0.1, 0.15) is 6.29 Å². The summed E-state index contributed by atoms with van der Waals surface area (Å²) in [5, 5.41) is 0. The SMILES string of the molecule is O=C[C@H]1CCCN1C(c1ccccc1)(c1ccccc1)c1ccccc1. The highest BCUT2D eigenvalue weighted by Crippen LogP contribution is 2.45. The first-order valence-corrected chi connectivity index (χ1v) is 9.26. The van der Waals surface area contributed by atoms with Crippen LogP contribution in [0.3, 0.4) is 0 Å². The highest BCUT2D eigenvalue weighted by Gasteiger charge is 2.46. The summed E-state index contributed by atoms with van der Waals surface area (Å²) in [7, 11) is 0. The molecule has 3 aromatic rings. The Morgan fingerprint density at radius 2 is 1.15 bits per heavy atom. The fraction of sp³-hybridized carbons (Fsp3) is 0.208. The van der Waals surface area contributed by atoms with Gasteiger partial charge in [-0.15, -0.1) is 0 Å². The first kappa shape index (κ1) is 16.7. The van der Waals surface area contributed by atoms with E-state index in [1.54, 1.807) is 0 Å². The number of benzene rings is 3. The maximum Gasteiger partial charge on any atom is 0.137 e. The minimum absolute atomic E-state index is 0.0735. The Morgan fingerprint density at radius 1 is 0.731 bits per heavy atom. The second kappa shape index (κ2) is 7.27. The molecule has 0 unspecified atom stereocenters. The molecule has 0 radical (unpaired) electrons. The normalized spacial score (nSPS) is 17.9. The van der Waals surface area contributed by atoms with E-state index in [9.17, 15) is 4.79 Å². The summed E-state index contributed by atoms with van der Waals surface area (Å²) in [6.07, 6.45) is 3.08. The summed E-state index contributed by atoms with van der Waals surface area (Å²) >= 11 is 0. The van der Waals surface area contributed by atoms with E-state index < -0.39 is 5.54 Å². The van der Waals surface area contributed by atoms with E-state index >= 15 is 0 Å². The van der Waals surface area contributed by atoms with Crippen LogP contribution in [-0.4, -0.2) is 23.8 Å². The van der Waals surface area contributed by atoms with Crippen LogP contribution in [0.1, 0.15) is 29.5 Å². The highest BCUT2D eigenvalue weighted by molar-refractivity contribution is 5.61. The van der Waals surface area contributed by atoms with Crippen LogP contribution in [0, 0.1) is 0 Å². The van der Waals surface area contributed by atoms with Gasteiger partial charge in [0, 0.05) is 6.54 Å². The fourth-order valence-electron chi connectivity index (χ4n) is 4.39. The molecule has 1 fully saturated rings. The first-order chi connectivity index (χ1) is 12.9. The topological polar surface area (TPSA) is 20.3 Å². The van der Waals surface area contributed by atoms with Crippen LogP contribution in [0.15, 0.2) is 91.0 Å². The van der Waals surface area contributed by atoms with E-state index in [2.05, 4.69) is 77.7 Å².